The number of nitrogens with zero attached hydrogens (tertiary/aromatic N) is 4. The van der Waals surface area contributed by atoms with Gasteiger partial charge >= 0.3 is 0 Å². The van der Waals surface area contributed by atoms with E-state index in [4.69, 9.17) is 9.26 Å². The molecule has 148 valence electrons. The molecule has 0 unspecified atom stereocenters. The van der Waals surface area contributed by atoms with E-state index in [9.17, 15) is 0 Å². The minimum absolute atomic E-state index is 0.331. The van der Waals surface area contributed by atoms with Crippen molar-refractivity contribution in [2.75, 3.05) is 0 Å². The maximum Gasteiger partial charge on any atom is 0.196 e. The third kappa shape index (κ3) is 4.35. The van der Waals surface area contributed by atoms with Crippen molar-refractivity contribution in [1.29, 1.82) is 0 Å². The maximum absolute atomic E-state index is 6.14. The van der Waals surface area contributed by atoms with E-state index in [1.807, 2.05) is 79.9 Å². The number of aryl methyl sites for hydroxylation is 3. The summed E-state index contributed by atoms with van der Waals surface area (Å²) < 4.78 is 13.3. The Morgan fingerprint density at radius 2 is 1.72 bits per heavy atom. The molecule has 0 N–H and O–H groups in total. The van der Waals surface area contributed by atoms with Crippen molar-refractivity contribution >= 4 is 11.8 Å². The number of aromatic nitrogens is 4. The first-order chi connectivity index (χ1) is 14.1. The Hall–Kier alpha value is -3.06. The molecule has 0 fully saturated rings. The molecule has 4 aromatic rings. The smallest absolute Gasteiger partial charge is 0.196 e. The van der Waals surface area contributed by atoms with Gasteiger partial charge in [-0.1, -0.05) is 53.3 Å². The highest BCUT2D eigenvalue weighted by atomic mass is 32.2. The zero-order valence-corrected chi connectivity index (χ0v) is 17.4. The Kier molecular flexibility index (Phi) is 5.67. The van der Waals surface area contributed by atoms with E-state index in [2.05, 4.69) is 15.4 Å². The predicted molar refractivity (Wildman–Crippen MR) is 112 cm³/mol. The number of benzene rings is 2. The topological polar surface area (TPSA) is 66.0 Å². The van der Waals surface area contributed by atoms with E-state index in [1.165, 1.54) is 0 Å². The van der Waals surface area contributed by atoms with Crippen LogP contribution in [0.15, 0.2) is 64.3 Å². The van der Waals surface area contributed by atoms with E-state index in [0.717, 1.165) is 45.0 Å². The summed E-state index contributed by atoms with van der Waals surface area (Å²) in [5.74, 6) is 3.09. The van der Waals surface area contributed by atoms with Gasteiger partial charge in [0.05, 0.1) is 5.69 Å². The molecule has 0 aliphatic carbocycles. The molecule has 4 rings (SSSR count). The molecule has 0 atom stereocenters. The molecular weight excluding hydrogens is 384 g/mol. The molecule has 0 aliphatic rings. The number of hydrogen-bond acceptors (Lipinski definition) is 6. The van der Waals surface area contributed by atoms with E-state index in [1.54, 1.807) is 11.8 Å². The summed E-state index contributed by atoms with van der Waals surface area (Å²) >= 11 is 1.57. The average Bonchev–Trinajstić information content (AvgIpc) is 3.32. The number of rotatable bonds is 7. The van der Waals surface area contributed by atoms with Crippen molar-refractivity contribution < 1.29 is 9.26 Å². The van der Waals surface area contributed by atoms with Gasteiger partial charge in [0.15, 0.2) is 11.0 Å². The summed E-state index contributed by atoms with van der Waals surface area (Å²) in [5, 5.41) is 13.7. The zero-order chi connectivity index (χ0) is 20.2. The Bertz CT molecular complexity index is 1080. The average molecular weight is 407 g/mol. The number of hydrogen-bond donors (Lipinski definition) is 0. The summed E-state index contributed by atoms with van der Waals surface area (Å²) in [4.78, 5) is 0. The molecule has 0 bridgehead atoms. The van der Waals surface area contributed by atoms with Gasteiger partial charge in [0, 0.05) is 17.5 Å². The van der Waals surface area contributed by atoms with Crippen LogP contribution in [-0.2, 0) is 12.4 Å². The number of para-hydroxylation sites is 2. The molecule has 6 nitrogen and oxygen atoms in total. The van der Waals surface area contributed by atoms with Gasteiger partial charge in [0.1, 0.15) is 18.1 Å². The van der Waals surface area contributed by atoms with Crippen LogP contribution in [0.1, 0.15) is 28.4 Å². The fraction of sp³-hybridized carbons (Fsp3) is 0.227. The van der Waals surface area contributed by atoms with Gasteiger partial charge in [-0.25, -0.2) is 0 Å². The van der Waals surface area contributed by atoms with Crippen LogP contribution in [0.3, 0.4) is 0 Å². The van der Waals surface area contributed by atoms with Crippen LogP contribution in [0.2, 0.25) is 0 Å². The Morgan fingerprint density at radius 1 is 0.966 bits per heavy atom. The fourth-order valence-corrected chi connectivity index (χ4v) is 3.96. The van der Waals surface area contributed by atoms with Crippen LogP contribution in [0.4, 0.5) is 0 Å². The van der Waals surface area contributed by atoms with Crippen molar-refractivity contribution in [2.24, 2.45) is 0 Å². The van der Waals surface area contributed by atoms with Crippen molar-refractivity contribution in [3.63, 3.8) is 0 Å². The second-order valence-corrected chi connectivity index (χ2v) is 7.74. The highest BCUT2D eigenvalue weighted by Crippen LogP contribution is 2.27. The van der Waals surface area contributed by atoms with E-state index < -0.39 is 0 Å². The molecule has 2 heterocycles. The minimum Gasteiger partial charge on any atom is -0.485 e. The lowest BCUT2D eigenvalue weighted by molar-refractivity contribution is 0.289. The van der Waals surface area contributed by atoms with E-state index in [0.29, 0.717) is 12.4 Å². The second kappa shape index (κ2) is 8.53. The summed E-state index contributed by atoms with van der Waals surface area (Å²) in [6.45, 7) is 6.31. The van der Waals surface area contributed by atoms with Crippen LogP contribution < -0.4 is 4.74 Å². The largest absolute Gasteiger partial charge is 0.485 e. The third-order valence-electron chi connectivity index (χ3n) is 4.50. The van der Waals surface area contributed by atoms with E-state index >= 15 is 0 Å². The lowest BCUT2D eigenvalue weighted by atomic mass is 10.1. The molecule has 0 saturated heterocycles. The summed E-state index contributed by atoms with van der Waals surface area (Å²) in [5.41, 5.74) is 4.08. The lowest BCUT2D eigenvalue weighted by Crippen LogP contribution is -2.07. The highest BCUT2D eigenvalue weighted by Gasteiger charge is 2.16. The van der Waals surface area contributed by atoms with Crippen molar-refractivity contribution in [3.05, 3.63) is 83.0 Å². The first-order valence-corrected chi connectivity index (χ1v) is 10.3. The van der Waals surface area contributed by atoms with Gasteiger partial charge in [-0.2, -0.15) is 0 Å². The molecule has 2 aromatic heterocycles. The third-order valence-corrected chi connectivity index (χ3v) is 5.46. The second-order valence-electron chi connectivity index (χ2n) is 6.80. The minimum atomic E-state index is 0.331. The van der Waals surface area contributed by atoms with Gasteiger partial charge in [-0.05, 0) is 44.0 Å². The molecule has 0 saturated carbocycles. The summed E-state index contributed by atoms with van der Waals surface area (Å²) in [7, 11) is 0. The van der Waals surface area contributed by atoms with Crippen LogP contribution in [0, 0.1) is 20.8 Å². The Morgan fingerprint density at radius 3 is 2.41 bits per heavy atom. The van der Waals surface area contributed by atoms with Gasteiger partial charge in [0.2, 0.25) is 0 Å². The van der Waals surface area contributed by atoms with Crippen LogP contribution in [-0.4, -0.2) is 19.9 Å². The first kappa shape index (κ1) is 19.3. The molecule has 0 aliphatic heterocycles. The molecule has 0 radical (unpaired) electrons. The monoisotopic (exact) mass is 406 g/mol. The van der Waals surface area contributed by atoms with Gasteiger partial charge in [-0.3, -0.25) is 4.57 Å². The van der Waals surface area contributed by atoms with Gasteiger partial charge in [0.25, 0.3) is 0 Å². The van der Waals surface area contributed by atoms with Crippen LogP contribution >= 0.6 is 11.8 Å². The quantitative estimate of drug-likeness (QED) is 0.400. The SMILES string of the molecule is Cc1cc(CSc2nnc(COc3c(C)cccc3C)n2-c2ccccc2)no1. The van der Waals surface area contributed by atoms with Gasteiger partial charge < -0.3 is 9.26 Å². The van der Waals surface area contributed by atoms with Crippen LogP contribution in [0.5, 0.6) is 5.75 Å². The summed E-state index contributed by atoms with van der Waals surface area (Å²) in [6, 6.07) is 18.1. The molecule has 29 heavy (non-hydrogen) atoms. The number of ether oxygens (including phenoxy) is 1. The molecular formula is C22H22N4O2S. The van der Waals surface area contributed by atoms with Gasteiger partial charge in [-0.15, -0.1) is 10.2 Å². The first-order valence-electron chi connectivity index (χ1n) is 9.35. The van der Waals surface area contributed by atoms with Crippen molar-refractivity contribution in [1.82, 2.24) is 19.9 Å². The normalized spacial score (nSPS) is 11.0. The zero-order valence-electron chi connectivity index (χ0n) is 16.6. The van der Waals surface area contributed by atoms with Crippen molar-refractivity contribution in [3.8, 4) is 11.4 Å². The van der Waals surface area contributed by atoms with Crippen molar-refractivity contribution in [2.45, 2.75) is 38.3 Å². The molecule has 2 aromatic carbocycles. The van der Waals surface area contributed by atoms with Crippen LogP contribution in [0.25, 0.3) is 5.69 Å². The molecule has 0 amide bonds. The highest BCUT2D eigenvalue weighted by molar-refractivity contribution is 7.98. The Labute approximate surface area is 173 Å². The standard InChI is InChI=1S/C22H22N4O2S/c1-15-8-7-9-16(2)21(15)27-13-20-23-24-22(26(20)19-10-5-4-6-11-19)29-14-18-12-17(3)28-25-18/h4-12H,13-14H2,1-3H3. The predicted octanol–water partition coefficient (Wildman–Crippen LogP) is 5.05. The number of thioether (sulfide) groups is 1. The maximum atomic E-state index is 6.14. The molecule has 7 heteroatoms. The lowest BCUT2D eigenvalue weighted by Gasteiger charge is -2.13. The molecule has 0 spiro atoms. The summed E-state index contributed by atoms with van der Waals surface area (Å²) in [6.07, 6.45) is 0. The Balaban J connectivity index is 1.60. The fourth-order valence-electron chi connectivity index (χ4n) is 3.11. The van der Waals surface area contributed by atoms with E-state index in [-0.39, 0.29) is 0 Å².